The van der Waals surface area contributed by atoms with E-state index in [9.17, 15) is 14.7 Å². The molecule has 1 aliphatic rings. The van der Waals surface area contributed by atoms with Gasteiger partial charge in [0.25, 0.3) is 0 Å². The molecule has 0 fully saturated rings. The Bertz CT molecular complexity index is 893. The van der Waals surface area contributed by atoms with Gasteiger partial charge in [-0.15, -0.1) is 0 Å². The number of aryl methyl sites for hydroxylation is 1. The maximum atomic E-state index is 11.9. The van der Waals surface area contributed by atoms with Gasteiger partial charge in [0, 0.05) is 11.6 Å². The number of ether oxygens (including phenoxy) is 2. The molecule has 2 aromatic rings. The Morgan fingerprint density at radius 2 is 2.12 bits per heavy atom. The number of hydrogen-bond acceptors (Lipinski definition) is 6. The summed E-state index contributed by atoms with van der Waals surface area (Å²) in [7, 11) is 1.28. The van der Waals surface area contributed by atoms with Gasteiger partial charge in [0.15, 0.2) is 5.76 Å². The van der Waals surface area contributed by atoms with Crippen LogP contribution in [-0.2, 0) is 9.53 Å². The molecule has 0 unspecified atom stereocenters. The first kappa shape index (κ1) is 16.8. The standard InChI is InChI=1S/C19H18O6/c1-11-7-15(20)18(22)19(25-11)14(9-17(21)23-2)13-8-12-5-3-4-6-16(12)24-10-13/h3-8,14,22H,9-10H2,1-2H3/t14-/m1/s1. The van der Waals surface area contributed by atoms with E-state index in [1.807, 2.05) is 30.3 Å². The van der Waals surface area contributed by atoms with Crippen LogP contribution >= 0.6 is 0 Å². The predicted octanol–water partition coefficient (Wildman–Crippen LogP) is 2.78. The van der Waals surface area contributed by atoms with Gasteiger partial charge in [0.05, 0.1) is 19.4 Å². The molecule has 1 atom stereocenters. The number of rotatable bonds is 4. The van der Waals surface area contributed by atoms with Gasteiger partial charge >= 0.3 is 5.97 Å². The highest BCUT2D eigenvalue weighted by Gasteiger charge is 2.29. The summed E-state index contributed by atoms with van der Waals surface area (Å²) < 4.78 is 16.1. The smallest absolute Gasteiger partial charge is 0.306 e. The Balaban J connectivity index is 2.10. The highest BCUT2D eigenvalue weighted by Crippen LogP contribution is 2.37. The highest BCUT2D eigenvalue weighted by atomic mass is 16.5. The van der Waals surface area contributed by atoms with Gasteiger partial charge in [-0.25, -0.2) is 0 Å². The predicted molar refractivity (Wildman–Crippen MR) is 90.7 cm³/mol. The van der Waals surface area contributed by atoms with Gasteiger partial charge in [-0.3, -0.25) is 9.59 Å². The lowest BCUT2D eigenvalue weighted by atomic mass is 9.89. The van der Waals surface area contributed by atoms with Gasteiger partial charge < -0.3 is 19.0 Å². The number of carbonyl (C=O) groups is 1. The zero-order valence-corrected chi connectivity index (χ0v) is 13.9. The quantitative estimate of drug-likeness (QED) is 0.860. The van der Waals surface area contributed by atoms with E-state index in [1.54, 1.807) is 6.92 Å². The van der Waals surface area contributed by atoms with Gasteiger partial charge in [0.1, 0.15) is 18.1 Å². The number of esters is 1. The van der Waals surface area contributed by atoms with E-state index in [0.717, 1.165) is 11.3 Å². The molecule has 0 saturated carbocycles. The summed E-state index contributed by atoms with van der Waals surface area (Å²) >= 11 is 0. The Kier molecular flexibility index (Phi) is 4.61. The molecular weight excluding hydrogens is 324 g/mol. The molecular formula is C19H18O6. The minimum Gasteiger partial charge on any atom is -0.502 e. The summed E-state index contributed by atoms with van der Waals surface area (Å²) in [5.41, 5.74) is 1.02. The van der Waals surface area contributed by atoms with Crippen LogP contribution < -0.4 is 10.2 Å². The fourth-order valence-electron chi connectivity index (χ4n) is 2.84. The van der Waals surface area contributed by atoms with E-state index in [2.05, 4.69) is 0 Å². The van der Waals surface area contributed by atoms with Crippen LogP contribution in [-0.4, -0.2) is 24.8 Å². The maximum absolute atomic E-state index is 11.9. The number of benzene rings is 1. The molecule has 0 saturated heterocycles. The topological polar surface area (TPSA) is 86.0 Å². The van der Waals surface area contributed by atoms with Crippen LogP contribution in [0.25, 0.3) is 6.08 Å². The molecule has 1 aromatic carbocycles. The van der Waals surface area contributed by atoms with E-state index < -0.39 is 23.1 Å². The van der Waals surface area contributed by atoms with Crippen LogP contribution in [0.1, 0.15) is 29.4 Å². The summed E-state index contributed by atoms with van der Waals surface area (Å²) in [6, 6.07) is 8.68. The van der Waals surface area contributed by atoms with E-state index in [0.29, 0.717) is 11.3 Å². The zero-order chi connectivity index (χ0) is 18.0. The summed E-state index contributed by atoms with van der Waals surface area (Å²) in [5.74, 6) is -0.506. The molecule has 1 aromatic heterocycles. The largest absolute Gasteiger partial charge is 0.502 e. The van der Waals surface area contributed by atoms with Crippen molar-refractivity contribution < 1.29 is 23.8 Å². The lowest BCUT2D eigenvalue weighted by Gasteiger charge is -2.24. The van der Waals surface area contributed by atoms with Crippen molar-refractivity contribution in [3.63, 3.8) is 0 Å². The van der Waals surface area contributed by atoms with Crippen LogP contribution in [0.4, 0.5) is 0 Å². The second-order valence-electron chi connectivity index (χ2n) is 5.81. The third kappa shape index (κ3) is 3.42. The van der Waals surface area contributed by atoms with Gasteiger partial charge in [-0.1, -0.05) is 18.2 Å². The van der Waals surface area contributed by atoms with Crippen molar-refractivity contribution in [2.75, 3.05) is 13.7 Å². The monoisotopic (exact) mass is 342 g/mol. The van der Waals surface area contributed by atoms with E-state index in [-0.39, 0.29) is 18.8 Å². The van der Waals surface area contributed by atoms with Crippen LogP contribution in [0.3, 0.4) is 0 Å². The molecule has 2 heterocycles. The molecule has 0 amide bonds. The Labute approximate surface area is 144 Å². The second kappa shape index (κ2) is 6.84. The van der Waals surface area contributed by atoms with Gasteiger partial charge in [-0.2, -0.15) is 0 Å². The molecule has 3 rings (SSSR count). The number of hydrogen-bond donors (Lipinski definition) is 1. The number of fused-ring (bicyclic) bond motifs is 1. The summed E-state index contributed by atoms with van der Waals surface area (Å²) in [4.78, 5) is 23.8. The molecule has 0 bridgehead atoms. The first-order valence-corrected chi connectivity index (χ1v) is 7.82. The lowest BCUT2D eigenvalue weighted by molar-refractivity contribution is -0.141. The highest BCUT2D eigenvalue weighted by molar-refractivity contribution is 5.73. The van der Waals surface area contributed by atoms with Crippen LogP contribution in [0.5, 0.6) is 11.5 Å². The minimum absolute atomic E-state index is 0.0460. The number of para-hydroxylation sites is 1. The molecule has 0 spiro atoms. The maximum Gasteiger partial charge on any atom is 0.306 e. The summed E-state index contributed by atoms with van der Waals surface area (Å²) in [6.07, 6.45) is 1.81. The van der Waals surface area contributed by atoms with E-state index in [1.165, 1.54) is 13.2 Å². The Hall–Kier alpha value is -3.02. The fraction of sp³-hybridized carbons (Fsp3) is 0.263. The molecule has 6 nitrogen and oxygen atoms in total. The summed E-state index contributed by atoms with van der Waals surface area (Å²) in [6.45, 7) is 1.83. The first-order chi connectivity index (χ1) is 12.0. The average molecular weight is 342 g/mol. The van der Waals surface area contributed by atoms with Crippen molar-refractivity contribution in [3.05, 3.63) is 63.2 Å². The number of aromatic hydroxyl groups is 1. The number of methoxy groups -OCH3 is 1. The molecule has 0 aliphatic carbocycles. The summed E-state index contributed by atoms with van der Waals surface area (Å²) in [5, 5.41) is 10.2. The fourth-order valence-corrected chi connectivity index (χ4v) is 2.84. The van der Waals surface area contributed by atoms with Crippen molar-refractivity contribution in [1.82, 2.24) is 0 Å². The third-order valence-electron chi connectivity index (χ3n) is 4.09. The van der Waals surface area contributed by atoms with Crippen molar-refractivity contribution in [2.24, 2.45) is 0 Å². The normalized spacial score (nSPS) is 14.1. The van der Waals surface area contributed by atoms with Crippen LogP contribution in [0, 0.1) is 6.92 Å². The van der Waals surface area contributed by atoms with Crippen molar-refractivity contribution in [3.8, 4) is 11.5 Å². The SMILES string of the molecule is COC(=O)C[C@H](C1=Cc2ccccc2OC1)c1oc(C)cc(=O)c1O. The molecule has 0 radical (unpaired) electrons. The third-order valence-corrected chi connectivity index (χ3v) is 4.09. The molecule has 6 heteroatoms. The Morgan fingerprint density at radius 1 is 1.36 bits per heavy atom. The van der Waals surface area contributed by atoms with Gasteiger partial charge in [0.2, 0.25) is 11.2 Å². The van der Waals surface area contributed by atoms with Crippen LogP contribution in [0.2, 0.25) is 0 Å². The van der Waals surface area contributed by atoms with Crippen molar-refractivity contribution in [1.29, 1.82) is 0 Å². The van der Waals surface area contributed by atoms with Crippen LogP contribution in [0.15, 0.2) is 45.1 Å². The lowest BCUT2D eigenvalue weighted by Crippen LogP contribution is -2.19. The number of carbonyl (C=O) groups excluding carboxylic acids is 1. The van der Waals surface area contributed by atoms with E-state index in [4.69, 9.17) is 13.9 Å². The molecule has 1 N–H and O–H groups in total. The first-order valence-electron chi connectivity index (χ1n) is 7.82. The average Bonchev–Trinajstić information content (AvgIpc) is 2.62. The minimum atomic E-state index is -0.659. The Morgan fingerprint density at radius 3 is 2.88 bits per heavy atom. The molecule has 130 valence electrons. The van der Waals surface area contributed by atoms with Crippen molar-refractivity contribution >= 4 is 12.0 Å². The van der Waals surface area contributed by atoms with E-state index >= 15 is 0 Å². The molecule has 1 aliphatic heterocycles. The molecule has 25 heavy (non-hydrogen) atoms. The second-order valence-corrected chi connectivity index (χ2v) is 5.81. The van der Waals surface area contributed by atoms with Gasteiger partial charge in [-0.05, 0) is 24.6 Å². The zero-order valence-electron chi connectivity index (χ0n) is 13.9. The van der Waals surface area contributed by atoms with Crippen molar-refractivity contribution in [2.45, 2.75) is 19.3 Å².